The van der Waals surface area contributed by atoms with Crippen molar-refractivity contribution in [2.24, 2.45) is 11.7 Å². The van der Waals surface area contributed by atoms with E-state index >= 15 is 0 Å². The van der Waals surface area contributed by atoms with E-state index < -0.39 is 21.6 Å². The number of nitrogens with two attached hydrogens (primary N) is 1. The third kappa shape index (κ3) is 4.68. The number of sulfonamides is 1. The average Bonchev–Trinajstić information content (AvgIpc) is 3.23. The second-order valence-corrected chi connectivity index (χ2v) is 9.19. The Morgan fingerprint density at radius 3 is 2.33 bits per heavy atom. The Kier molecular flexibility index (Phi) is 6.68. The van der Waals surface area contributed by atoms with Crippen molar-refractivity contribution in [1.29, 1.82) is 0 Å². The molecule has 150 valence electrons. The number of aryl methyl sites for hydroxylation is 1. The number of rotatable bonds is 6. The Morgan fingerprint density at radius 2 is 1.78 bits per heavy atom. The van der Waals surface area contributed by atoms with Gasteiger partial charge in [0.05, 0.1) is 10.4 Å². The van der Waals surface area contributed by atoms with Crippen LogP contribution in [0.15, 0.2) is 33.7 Å². The molecule has 27 heavy (non-hydrogen) atoms. The molecule has 7 nitrogen and oxygen atoms in total. The first-order valence-corrected chi connectivity index (χ1v) is 10.4. The van der Waals surface area contributed by atoms with E-state index in [4.69, 9.17) is 10.3 Å². The maximum absolute atomic E-state index is 12.7. The van der Waals surface area contributed by atoms with Gasteiger partial charge in [0.2, 0.25) is 15.9 Å². The molecule has 3 N–H and O–H groups in total. The average molecular weight is 415 g/mol. The van der Waals surface area contributed by atoms with Gasteiger partial charge in [0.15, 0.2) is 5.82 Å². The molecule has 1 saturated carbocycles. The predicted molar refractivity (Wildman–Crippen MR) is 105 cm³/mol. The van der Waals surface area contributed by atoms with E-state index in [2.05, 4.69) is 14.9 Å². The lowest BCUT2D eigenvalue weighted by atomic mass is 9.98. The molecule has 0 amide bonds. The van der Waals surface area contributed by atoms with Gasteiger partial charge >= 0.3 is 0 Å². The molecule has 0 radical (unpaired) electrons. The number of aromatic nitrogens is 2. The summed E-state index contributed by atoms with van der Waals surface area (Å²) < 4.78 is 33.6. The van der Waals surface area contributed by atoms with Gasteiger partial charge in [0.1, 0.15) is 6.04 Å². The summed E-state index contributed by atoms with van der Waals surface area (Å²) in [4.78, 5) is 4.66. The van der Waals surface area contributed by atoms with Gasteiger partial charge in [-0.2, -0.15) is 9.71 Å². The van der Waals surface area contributed by atoms with Crippen LogP contribution in [-0.4, -0.2) is 18.6 Å². The minimum atomic E-state index is -3.70. The van der Waals surface area contributed by atoms with Crippen molar-refractivity contribution in [3.63, 3.8) is 0 Å². The highest BCUT2D eigenvalue weighted by atomic mass is 35.5. The standard InChI is InChI=1S/C18H26N4O3S.ClH/c1-12(2)15(22-26(23,24)14-8-6-13(3)7-9-14)16-20-17(21-25-16)18(19)10-4-5-11-18;/h6-9,12,15,22H,4-5,10-11,19H2,1-3H3;1H. The van der Waals surface area contributed by atoms with Crippen molar-refractivity contribution in [2.75, 3.05) is 0 Å². The van der Waals surface area contributed by atoms with Crippen molar-refractivity contribution in [2.45, 2.75) is 62.9 Å². The van der Waals surface area contributed by atoms with Gasteiger partial charge in [-0.3, -0.25) is 0 Å². The monoisotopic (exact) mass is 414 g/mol. The first-order valence-electron chi connectivity index (χ1n) is 8.93. The lowest BCUT2D eigenvalue weighted by Crippen LogP contribution is -2.35. The smallest absolute Gasteiger partial charge is 0.245 e. The number of benzene rings is 1. The fourth-order valence-electron chi connectivity index (χ4n) is 3.22. The van der Waals surface area contributed by atoms with Crippen LogP contribution >= 0.6 is 12.4 Å². The number of hydrogen-bond acceptors (Lipinski definition) is 6. The minimum Gasteiger partial charge on any atom is -0.337 e. The Balaban J connectivity index is 0.00000261. The van der Waals surface area contributed by atoms with E-state index in [0.29, 0.717) is 5.82 Å². The van der Waals surface area contributed by atoms with Crippen molar-refractivity contribution in [3.05, 3.63) is 41.5 Å². The van der Waals surface area contributed by atoms with E-state index in [0.717, 1.165) is 31.2 Å². The molecular weight excluding hydrogens is 388 g/mol. The summed E-state index contributed by atoms with van der Waals surface area (Å²) in [5.74, 6) is 0.647. The molecule has 1 aromatic heterocycles. The highest BCUT2D eigenvalue weighted by molar-refractivity contribution is 7.89. The highest BCUT2D eigenvalue weighted by Gasteiger charge is 2.37. The van der Waals surface area contributed by atoms with Crippen molar-refractivity contribution in [1.82, 2.24) is 14.9 Å². The molecule has 1 fully saturated rings. The van der Waals surface area contributed by atoms with Crippen LogP contribution in [0.5, 0.6) is 0 Å². The molecule has 1 unspecified atom stereocenters. The molecule has 0 bridgehead atoms. The molecule has 2 aromatic rings. The third-order valence-electron chi connectivity index (χ3n) is 4.93. The normalized spacial score (nSPS) is 17.7. The predicted octanol–water partition coefficient (Wildman–Crippen LogP) is 3.20. The van der Waals surface area contributed by atoms with Crippen LogP contribution in [0.25, 0.3) is 0 Å². The van der Waals surface area contributed by atoms with Crippen molar-refractivity contribution < 1.29 is 12.9 Å². The van der Waals surface area contributed by atoms with Gasteiger partial charge in [-0.15, -0.1) is 12.4 Å². The van der Waals surface area contributed by atoms with E-state index in [9.17, 15) is 8.42 Å². The number of hydrogen-bond donors (Lipinski definition) is 2. The largest absolute Gasteiger partial charge is 0.337 e. The first-order chi connectivity index (χ1) is 12.2. The zero-order valence-electron chi connectivity index (χ0n) is 15.8. The molecule has 1 aliphatic rings. The number of halogens is 1. The topological polar surface area (TPSA) is 111 Å². The number of nitrogens with zero attached hydrogens (tertiary/aromatic N) is 2. The molecule has 1 aromatic carbocycles. The van der Waals surface area contributed by atoms with E-state index in [1.54, 1.807) is 24.3 Å². The Hall–Kier alpha value is -1.48. The second-order valence-electron chi connectivity index (χ2n) is 7.48. The molecule has 0 spiro atoms. The quantitative estimate of drug-likeness (QED) is 0.750. The summed E-state index contributed by atoms with van der Waals surface area (Å²) >= 11 is 0. The fourth-order valence-corrected chi connectivity index (χ4v) is 4.56. The lowest BCUT2D eigenvalue weighted by Gasteiger charge is -2.20. The van der Waals surface area contributed by atoms with Crippen LogP contribution in [0.1, 0.15) is 62.9 Å². The van der Waals surface area contributed by atoms with E-state index in [1.807, 2.05) is 20.8 Å². The number of nitrogens with one attached hydrogen (secondary N) is 1. The Morgan fingerprint density at radius 1 is 1.19 bits per heavy atom. The molecule has 0 aliphatic heterocycles. The van der Waals surface area contributed by atoms with Crippen molar-refractivity contribution >= 4 is 22.4 Å². The van der Waals surface area contributed by atoms with Crippen LogP contribution in [0.4, 0.5) is 0 Å². The van der Waals surface area contributed by atoms with Gasteiger partial charge in [-0.1, -0.05) is 49.5 Å². The molecule has 3 rings (SSSR count). The SMILES string of the molecule is Cc1ccc(S(=O)(=O)NC(c2nc(C3(N)CCCC3)no2)C(C)C)cc1.Cl. The fraction of sp³-hybridized carbons (Fsp3) is 0.556. The summed E-state index contributed by atoms with van der Waals surface area (Å²) in [5, 5.41) is 4.04. The Labute approximate surface area is 166 Å². The molecule has 9 heteroatoms. The molecule has 1 heterocycles. The molecule has 1 atom stereocenters. The molecule has 1 aliphatic carbocycles. The zero-order valence-corrected chi connectivity index (χ0v) is 17.4. The van der Waals surface area contributed by atoms with Crippen LogP contribution in [0.3, 0.4) is 0 Å². The summed E-state index contributed by atoms with van der Waals surface area (Å²) in [6.45, 7) is 5.71. The summed E-state index contributed by atoms with van der Waals surface area (Å²) in [5.41, 5.74) is 6.80. The van der Waals surface area contributed by atoms with E-state index in [1.165, 1.54) is 0 Å². The molecule has 0 saturated heterocycles. The summed E-state index contributed by atoms with van der Waals surface area (Å²) in [6.07, 6.45) is 3.70. The van der Waals surface area contributed by atoms with Gasteiger partial charge in [0.25, 0.3) is 0 Å². The lowest BCUT2D eigenvalue weighted by molar-refractivity contribution is 0.303. The van der Waals surface area contributed by atoms with Crippen LogP contribution < -0.4 is 10.5 Å². The van der Waals surface area contributed by atoms with Crippen LogP contribution in [0, 0.1) is 12.8 Å². The first kappa shape index (κ1) is 21.8. The van der Waals surface area contributed by atoms with Gasteiger partial charge in [-0.05, 0) is 37.8 Å². The van der Waals surface area contributed by atoms with Gasteiger partial charge < -0.3 is 10.3 Å². The minimum absolute atomic E-state index is 0. The maximum atomic E-state index is 12.7. The second kappa shape index (κ2) is 8.26. The summed E-state index contributed by atoms with van der Waals surface area (Å²) in [7, 11) is -3.70. The van der Waals surface area contributed by atoms with Gasteiger partial charge in [-0.25, -0.2) is 8.42 Å². The van der Waals surface area contributed by atoms with Gasteiger partial charge in [0, 0.05) is 0 Å². The maximum Gasteiger partial charge on any atom is 0.245 e. The van der Waals surface area contributed by atoms with Crippen LogP contribution in [-0.2, 0) is 15.6 Å². The van der Waals surface area contributed by atoms with E-state index in [-0.39, 0.29) is 29.1 Å². The summed E-state index contributed by atoms with van der Waals surface area (Å²) in [6, 6.07) is 6.08. The zero-order chi connectivity index (χ0) is 18.9. The third-order valence-corrected chi connectivity index (χ3v) is 6.39. The van der Waals surface area contributed by atoms with Crippen molar-refractivity contribution in [3.8, 4) is 0 Å². The molecular formula is C18H27ClN4O3S. The Bertz CT molecular complexity index is 859. The van der Waals surface area contributed by atoms with Crippen LogP contribution in [0.2, 0.25) is 0 Å². The highest BCUT2D eigenvalue weighted by Crippen LogP contribution is 2.35.